The molecule has 0 amide bonds. The molecule has 0 aliphatic rings. The van der Waals surface area contributed by atoms with Gasteiger partial charge >= 0.3 is 11.8 Å². The van der Waals surface area contributed by atoms with Crippen molar-refractivity contribution in [1.82, 2.24) is 0 Å². The van der Waals surface area contributed by atoms with Crippen molar-refractivity contribution >= 4 is 22.7 Å². The quantitative estimate of drug-likeness (QED) is 0.402. The Morgan fingerprint density at radius 2 is 1.68 bits per heavy atom. The fraction of sp³-hybridized carbons (Fsp3) is 0.158. The Morgan fingerprint density at radius 1 is 0.960 bits per heavy atom. The second-order valence-electron chi connectivity index (χ2n) is 5.20. The summed E-state index contributed by atoms with van der Waals surface area (Å²) in [7, 11) is 4.18. The Hall–Kier alpha value is -3.28. The summed E-state index contributed by atoms with van der Waals surface area (Å²) >= 11 is 0. The minimum atomic E-state index is -0.998. The van der Waals surface area contributed by atoms with E-state index >= 15 is 0 Å². The van der Waals surface area contributed by atoms with E-state index in [0.717, 1.165) is 12.7 Å². The minimum Gasteiger partial charge on any atom is -0.496 e. The van der Waals surface area contributed by atoms with Crippen molar-refractivity contribution in [2.24, 2.45) is 0 Å². The van der Waals surface area contributed by atoms with E-state index < -0.39 is 11.8 Å². The minimum absolute atomic E-state index is 0.0976. The number of benzene rings is 2. The van der Waals surface area contributed by atoms with Crippen molar-refractivity contribution in [3.8, 4) is 22.6 Å². The molecule has 0 bridgehead atoms. The molecule has 25 heavy (non-hydrogen) atoms. The molecule has 0 saturated heterocycles. The molecule has 0 atom stereocenters. The highest BCUT2D eigenvalue weighted by Crippen LogP contribution is 2.42. The van der Waals surface area contributed by atoms with E-state index in [9.17, 15) is 9.59 Å². The van der Waals surface area contributed by atoms with Gasteiger partial charge in [0, 0.05) is 17.7 Å². The van der Waals surface area contributed by atoms with Gasteiger partial charge in [0.25, 0.3) is 0 Å². The summed E-state index contributed by atoms with van der Waals surface area (Å²) in [5, 5.41) is 0.585. The Balaban J connectivity index is 2.38. The topological polar surface area (TPSA) is 75.0 Å². The molecular weight excluding hydrogens is 324 g/mol. The van der Waals surface area contributed by atoms with Gasteiger partial charge in [-0.1, -0.05) is 30.3 Å². The van der Waals surface area contributed by atoms with Crippen LogP contribution >= 0.6 is 0 Å². The molecule has 6 nitrogen and oxygen atoms in total. The molecule has 0 unspecified atom stereocenters. The summed E-state index contributed by atoms with van der Waals surface area (Å²) in [4.78, 5) is 24.2. The normalized spacial score (nSPS) is 10.5. The number of esters is 1. The van der Waals surface area contributed by atoms with Crippen LogP contribution in [-0.4, -0.2) is 33.1 Å². The lowest BCUT2D eigenvalue weighted by Gasteiger charge is -2.07. The van der Waals surface area contributed by atoms with Gasteiger partial charge < -0.3 is 18.6 Å². The number of hydrogen-bond acceptors (Lipinski definition) is 6. The SMILES string of the molecule is COC(=O)C(=O)c1oc2cc(OC)cc(OC)c2c1-c1ccccc1. The van der Waals surface area contributed by atoms with Gasteiger partial charge in [0.05, 0.1) is 26.7 Å². The third-order valence-corrected chi connectivity index (χ3v) is 3.82. The zero-order chi connectivity index (χ0) is 18.0. The standard InChI is InChI=1S/C19H16O6/c1-22-12-9-13(23-2)16-14(10-12)25-18(17(20)19(21)24-3)15(16)11-7-5-4-6-8-11/h4-10H,1-3H3. The highest BCUT2D eigenvalue weighted by Gasteiger charge is 2.29. The summed E-state index contributed by atoms with van der Waals surface area (Å²) < 4.78 is 20.9. The third-order valence-electron chi connectivity index (χ3n) is 3.82. The number of ether oxygens (including phenoxy) is 3. The molecule has 0 radical (unpaired) electrons. The monoisotopic (exact) mass is 340 g/mol. The number of carbonyl (C=O) groups excluding carboxylic acids is 2. The van der Waals surface area contributed by atoms with Crippen LogP contribution in [-0.2, 0) is 9.53 Å². The molecule has 2 aromatic carbocycles. The van der Waals surface area contributed by atoms with E-state index in [1.165, 1.54) is 14.2 Å². The first-order valence-corrected chi connectivity index (χ1v) is 7.47. The highest BCUT2D eigenvalue weighted by molar-refractivity contribution is 6.42. The van der Waals surface area contributed by atoms with E-state index in [2.05, 4.69) is 4.74 Å². The van der Waals surface area contributed by atoms with Crippen LogP contribution in [0, 0.1) is 0 Å². The fourth-order valence-corrected chi connectivity index (χ4v) is 2.67. The smallest absolute Gasteiger partial charge is 0.382 e. The van der Waals surface area contributed by atoms with Crippen molar-refractivity contribution in [3.63, 3.8) is 0 Å². The first-order valence-electron chi connectivity index (χ1n) is 7.47. The number of ketones is 1. The fourth-order valence-electron chi connectivity index (χ4n) is 2.67. The summed E-state index contributed by atoms with van der Waals surface area (Å²) in [5.41, 5.74) is 1.57. The molecule has 6 heteroatoms. The molecule has 3 aromatic rings. The summed E-state index contributed by atoms with van der Waals surface area (Å²) in [6.07, 6.45) is 0. The molecule has 1 heterocycles. The Bertz CT molecular complexity index is 939. The van der Waals surface area contributed by atoms with Crippen molar-refractivity contribution in [2.45, 2.75) is 0 Å². The largest absolute Gasteiger partial charge is 0.496 e. The number of rotatable bonds is 5. The van der Waals surface area contributed by atoms with Gasteiger partial charge in [0.15, 0.2) is 5.76 Å². The van der Waals surface area contributed by atoms with Crippen LogP contribution in [0.1, 0.15) is 10.6 Å². The predicted octanol–water partition coefficient (Wildman–Crippen LogP) is 3.47. The van der Waals surface area contributed by atoms with Crippen LogP contribution in [0.15, 0.2) is 46.9 Å². The Kier molecular flexibility index (Phi) is 4.43. The van der Waals surface area contributed by atoms with Gasteiger partial charge in [-0.3, -0.25) is 4.79 Å². The molecule has 0 aliphatic heterocycles. The summed E-state index contributed by atoms with van der Waals surface area (Å²) in [5.74, 6) is -0.976. The first kappa shape index (κ1) is 16.6. The van der Waals surface area contributed by atoms with Gasteiger partial charge in [-0.15, -0.1) is 0 Å². The van der Waals surface area contributed by atoms with Crippen LogP contribution in [0.5, 0.6) is 11.5 Å². The Labute approximate surface area is 143 Å². The maximum atomic E-state index is 12.5. The van der Waals surface area contributed by atoms with Crippen LogP contribution in [0.25, 0.3) is 22.1 Å². The van der Waals surface area contributed by atoms with Crippen LogP contribution in [0.2, 0.25) is 0 Å². The summed E-state index contributed by atoms with van der Waals surface area (Å²) in [6, 6.07) is 12.5. The summed E-state index contributed by atoms with van der Waals surface area (Å²) in [6.45, 7) is 0. The number of Topliss-reactive ketones (excluding diaryl/α,β-unsaturated/α-hetero) is 1. The van der Waals surface area contributed by atoms with E-state index in [1.807, 2.05) is 30.3 Å². The molecule has 0 fully saturated rings. The first-order chi connectivity index (χ1) is 12.1. The molecule has 128 valence electrons. The second-order valence-corrected chi connectivity index (χ2v) is 5.20. The van der Waals surface area contributed by atoms with Crippen LogP contribution in [0.4, 0.5) is 0 Å². The van der Waals surface area contributed by atoms with Crippen LogP contribution in [0.3, 0.4) is 0 Å². The maximum absolute atomic E-state index is 12.5. The average Bonchev–Trinajstić information content (AvgIpc) is 3.05. The number of methoxy groups -OCH3 is 3. The average molecular weight is 340 g/mol. The zero-order valence-corrected chi connectivity index (χ0v) is 14.0. The lowest BCUT2D eigenvalue weighted by molar-refractivity contribution is -0.135. The molecule has 0 spiro atoms. The third kappa shape index (κ3) is 2.82. The Morgan fingerprint density at radius 3 is 2.28 bits per heavy atom. The molecule has 1 aromatic heterocycles. The number of fused-ring (bicyclic) bond motifs is 1. The van der Waals surface area contributed by atoms with Gasteiger partial charge in [0.2, 0.25) is 0 Å². The number of hydrogen-bond donors (Lipinski definition) is 0. The predicted molar refractivity (Wildman–Crippen MR) is 91.1 cm³/mol. The van der Waals surface area contributed by atoms with E-state index in [-0.39, 0.29) is 5.76 Å². The second kappa shape index (κ2) is 6.68. The molecule has 0 saturated carbocycles. The van der Waals surface area contributed by atoms with Gasteiger partial charge in [0.1, 0.15) is 17.1 Å². The highest BCUT2D eigenvalue weighted by atomic mass is 16.5. The van der Waals surface area contributed by atoms with Gasteiger partial charge in [-0.2, -0.15) is 0 Å². The lowest BCUT2D eigenvalue weighted by Crippen LogP contribution is -2.15. The number of furan rings is 1. The van der Waals surface area contributed by atoms with E-state index in [1.54, 1.807) is 12.1 Å². The van der Waals surface area contributed by atoms with Crippen molar-refractivity contribution < 1.29 is 28.2 Å². The molecule has 3 rings (SSSR count). The maximum Gasteiger partial charge on any atom is 0.382 e. The zero-order valence-electron chi connectivity index (χ0n) is 14.0. The van der Waals surface area contributed by atoms with Crippen molar-refractivity contribution in [2.75, 3.05) is 21.3 Å². The van der Waals surface area contributed by atoms with Crippen LogP contribution < -0.4 is 9.47 Å². The van der Waals surface area contributed by atoms with E-state index in [4.69, 9.17) is 13.9 Å². The van der Waals surface area contributed by atoms with Gasteiger partial charge in [-0.25, -0.2) is 4.79 Å². The van der Waals surface area contributed by atoms with Crippen molar-refractivity contribution in [1.29, 1.82) is 0 Å². The molecule has 0 aliphatic carbocycles. The molecule has 0 N–H and O–H groups in total. The molecular formula is C19H16O6. The number of carbonyl (C=O) groups is 2. The lowest BCUT2D eigenvalue weighted by atomic mass is 9.99. The van der Waals surface area contributed by atoms with Gasteiger partial charge in [-0.05, 0) is 5.56 Å². The van der Waals surface area contributed by atoms with Crippen molar-refractivity contribution in [3.05, 3.63) is 48.2 Å². The van der Waals surface area contributed by atoms with E-state index in [0.29, 0.717) is 28.0 Å².